The summed E-state index contributed by atoms with van der Waals surface area (Å²) in [5, 5.41) is 11.1. The Labute approximate surface area is 217 Å². The van der Waals surface area contributed by atoms with Gasteiger partial charge >= 0.3 is 6.18 Å². The Balaban J connectivity index is 1.93. The third-order valence-electron chi connectivity index (χ3n) is 5.86. The molecule has 0 radical (unpaired) electrons. The topological polar surface area (TPSA) is 45.8 Å². The molecule has 2 aromatic heterocycles. The van der Waals surface area contributed by atoms with Gasteiger partial charge in [-0.05, 0) is 65.1 Å². The zero-order valence-electron chi connectivity index (χ0n) is 19.6. The van der Waals surface area contributed by atoms with Crippen molar-refractivity contribution in [3.63, 3.8) is 0 Å². The molecule has 2 heterocycles. The summed E-state index contributed by atoms with van der Waals surface area (Å²) in [7, 11) is 0. The molecule has 0 spiro atoms. The molecule has 0 fully saturated rings. The highest BCUT2D eigenvalue weighted by Crippen LogP contribution is 2.38. The van der Waals surface area contributed by atoms with Crippen molar-refractivity contribution < 1.29 is 22.0 Å². The number of aryl methyl sites for hydroxylation is 1. The van der Waals surface area contributed by atoms with Crippen LogP contribution in [-0.2, 0) is 19.1 Å². The summed E-state index contributed by atoms with van der Waals surface area (Å²) in [6.45, 7) is 1.53. The number of halogens is 5. The minimum absolute atomic E-state index is 0.106. The summed E-state index contributed by atoms with van der Waals surface area (Å²) < 4.78 is 70.2. The van der Waals surface area contributed by atoms with E-state index in [9.17, 15) is 32.0 Å². The predicted molar refractivity (Wildman–Crippen MR) is 136 cm³/mol. The van der Waals surface area contributed by atoms with E-state index >= 15 is 0 Å². The van der Waals surface area contributed by atoms with E-state index in [1.54, 1.807) is 23.2 Å². The molecular formula is C27H19F5N2OS2. The zero-order valence-corrected chi connectivity index (χ0v) is 21.3. The zero-order chi connectivity index (χ0) is 26.9. The first-order valence-corrected chi connectivity index (χ1v) is 13.1. The van der Waals surface area contributed by atoms with E-state index in [-0.39, 0.29) is 11.3 Å². The van der Waals surface area contributed by atoms with Crippen molar-refractivity contribution >= 4 is 23.1 Å². The number of pyridine rings is 1. The quantitative estimate of drug-likeness (QED) is 0.184. The number of nitriles is 1. The van der Waals surface area contributed by atoms with Gasteiger partial charge in [0, 0.05) is 16.5 Å². The molecule has 0 aliphatic heterocycles. The van der Waals surface area contributed by atoms with Gasteiger partial charge in [0.05, 0.1) is 22.7 Å². The minimum Gasteiger partial charge on any atom is -0.302 e. The molecule has 0 saturated heterocycles. The number of hydrogen-bond donors (Lipinski definition) is 0. The van der Waals surface area contributed by atoms with Crippen molar-refractivity contribution in [3.8, 4) is 27.8 Å². The van der Waals surface area contributed by atoms with E-state index in [2.05, 4.69) is 6.07 Å². The maximum absolute atomic E-state index is 14.4. The third-order valence-corrected chi connectivity index (χ3v) is 7.52. The van der Waals surface area contributed by atoms with E-state index in [0.717, 1.165) is 62.1 Å². The Hall–Kier alpha value is -3.42. The van der Waals surface area contributed by atoms with Gasteiger partial charge in [0.25, 0.3) is 5.56 Å². The van der Waals surface area contributed by atoms with Crippen molar-refractivity contribution in [3.05, 3.63) is 98.2 Å². The fourth-order valence-corrected chi connectivity index (χ4v) is 5.39. The standard InChI is InChI=1S/C27H19F5N2OS2/c1-3-15-6-17(8-20(7-15)36-2)18-9-25(37-14-18)24-11-22(27(30,31)32)21(12-33)26(35)34(24)13-16-4-5-19(28)10-23(16)29/h4-11,14H,3,13H2,1-2H3. The second-order valence-electron chi connectivity index (χ2n) is 8.18. The number of alkyl halides is 3. The molecule has 4 rings (SSSR count). The molecule has 0 unspecified atom stereocenters. The molecule has 37 heavy (non-hydrogen) atoms. The SMILES string of the molecule is CCc1cc(SC)cc(-c2csc(-c3cc(C(F)(F)F)c(C#N)c(=O)n3Cc3ccc(F)cc3F)c2)c1. The van der Waals surface area contributed by atoms with Crippen molar-refractivity contribution in [2.45, 2.75) is 31.0 Å². The van der Waals surface area contributed by atoms with Crippen LogP contribution in [0.4, 0.5) is 22.0 Å². The Morgan fingerprint density at radius 1 is 1.05 bits per heavy atom. The number of hydrogen-bond acceptors (Lipinski definition) is 4. The lowest BCUT2D eigenvalue weighted by Crippen LogP contribution is -2.28. The highest BCUT2D eigenvalue weighted by atomic mass is 32.2. The smallest absolute Gasteiger partial charge is 0.302 e. The maximum Gasteiger partial charge on any atom is 0.417 e. The van der Waals surface area contributed by atoms with Gasteiger partial charge in [-0.25, -0.2) is 8.78 Å². The Kier molecular flexibility index (Phi) is 7.57. The number of thioether (sulfide) groups is 1. The molecule has 190 valence electrons. The molecule has 0 amide bonds. The largest absolute Gasteiger partial charge is 0.417 e. The lowest BCUT2D eigenvalue weighted by Gasteiger charge is -2.17. The first-order chi connectivity index (χ1) is 17.5. The van der Waals surface area contributed by atoms with Crippen molar-refractivity contribution in [2.75, 3.05) is 6.26 Å². The van der Waals surface area contributed by atoms with Crippen LogP contribution in [0.3, 0.4) is 0 Å². The van der Waals surface area contributed by atoms with Crippen LogP contribution in [0.25, 0.3) is 21.7 Å². The number of rotatable bonds is 6. The monoisotopic (exact) mass is 546 g/mol. The average molecular weight is 547 g/mol. The first kappa shape index (κ1) is 26.6. The van der Waals surface area contributed by atoms with Crippen molar-refractivity contribution in [2.24, 2.45) is 0 Å². The summed E-state index contributed by atoms with van der Waals surface area (Å²) >= 11 is 2.69. The molecule has 0 aliphatic carbocycles. The molecule has 4 aromatic rings. The summed E-state index contributed by atoms with van der Waals surface area (Å²) in [4.78, 5) is 14.5. The third kappa shape index (κ3) is 5.48. The van der Waals surface area contributed by atoms with E-state index in [1.165, 1.54) is 6.07 Å². The fourth-order valence-electron chi connectivity index (χ4n) is 3.93. The second-order valence-corrected chi connectivity index (χ2v) is 9.97. The molecule has 2 aromatic carbocycles. The average Bonchev–Trinajstić information content (AvgIpc) is 3.35. The van der Waals surface area contributed by atoms with Crippen LogP contribution in [0, 0.1) is 23.0 Å². The molecule has 3 nitrogen and oxygen atoms in total. The summed E-state index contributed by atoms with van der Waals surface area (Å²) in [6, 6.07) is 12.5. The number of nitrogens with zero attached hydrogens (tertiary/aromatic N) is 2. The predicted octanol–water partition coefficient (Wildman–Crippen LogP) is 7.75. The molecule has 0 saturated carbocycles. The van der Waals surface area contributed by atoms with Crippen molar-refractivity contribution in [1.82, 2.24) is 4.57 Å². The maximum atomic E-state index is 14.4. The van der Waals surface area contributed by atoms with Crippen LogP contribution >= 0.6 is 23.1 Å². The Morgan fingerprint density at radius 3 is 2.43 bits per heavy atom. The summed E-state index contributed by atoms with van der Waals surface area (Å²) in [5.41, 5.74) is -1.17. The lowest BCUT2D eigenvalue weighted by atomic mass is 10.0. The second kappa shape index (κ2) is 10.5. The van der Waals surface area contributed by atoms with Crippen LogP contribution < -0.4 is 5.56 Å². The fraction of sp³-hybridized carbons (Fsp3) is 0.185. The van der Waals surface area contributed by atoms with E-state index in [4.69, 9.17) is 0 Å². The molecular weight excluding hydrogens is 527 g/mol. The summed E-state index contributed by atoms with van der Waals surface area (Å²) in [6.07, 6.45) is -2.21. The van der Waals surface area contributed by atoms with Gasteiger partial charge < -0.3 is 4.57 Å². The van der Waals surface area contributed by atoms with Crippen LogP contribution in [-0.4, -0.2) is 10.8 Å². The molecule has 0 atom stereocenters. The molecule has 10 heteroatoms. The van der Waals surface area contributed by atoms with E-state index in [0.29, 0.717) is 10.9 Å². The van der Waals surface area contributed by atoms with Crippen LogP contribution in [0.1, 0.15) is 29.2 Å². The first-order valence-electron chi connectivity index (χ1n) is 11.0. The lowest BCUT2D eigenvalue weighted by molar-refractivity contribution is -0.137. The van der Waals surface area contributed by atoms with Gasteiger partial charge in [-0.1, -0.05) is 19.1 Å². The summed E-state index contributed by atoms with van der Waals surface area (Å²) in [5.74, 6) is -1.79. The van der Waals surface area contributed by atoms with Crippen molar-refractivity contribution in [1.29, 1.82) is 5.26 Å². The number of thiophene rings is 1. The van der Waals surface area contributed by atoms with Gasteiger partial charge in [0.15, 0.2) is 0 Å². The molecule has 0 N–H and O–H groups in total. The van der Waals surface area contributed by atoms with E-state index < -0.39 is 41.0 Å². The molecule has 0 aliphatic rings. The van der Waals surface area contributed by atoms with Gasteiger partial charge in [-0.3, -0.25) is 4.79 Å². The highest BCUT2D eigenvalue weighted by molar-refractivity contribution is 7.98. The van der Waals surface area contributed by atoms with Gasteiger partial charge in [-0.2, -0.15) is 18.4 Å². The Bertz CT molecular complexity index is 1560. The minimum atomic E-state index is -4.96. The molecule has 0 bridgehead atoms. The van der Waals surface area contributed by atoms with Crippen LogP contribution in [0.2, 0.25) is 0 Å². The van der Waals surface area contributed by atoms with Gasteiger partial charge in [0.1, 0.15) is 23.3 Å². The van der Waals surface area contributed by atoms with Gasteiger partial charge in [0.2, 0.25) is 0 Å². The van der Waals surface area contributed by atoms with E-state index in [1.807, 2.05) is 25.3 Å². The number of aromatic nitrogens is 1. The normalized spacial score (nSPS) is 11.5. The van der Waals surface area contributed by atoms with Crippen LogP contribution in [0.5, 0.6) is 0 Å². The number of benzene rings is 2. The van der Waals surface area contributed by atoms with Gasteiger partial charge in [-0.15, -0.1) is 23.1 Å². The van der Waals surface area contributed by atoms with Crippen LogP contribution in [0.15, 0.2) is 63.6 Å². The Morgan fingerprint density at radius 2 is 1.81 bits per heavy atom. The highest BCUT2D eigenvalue weighted by Gasteiger charge is 2.36.